The van der Waals surface area contributed by atoms with Crippen molar-refractivity contribution in [1.29, 1.82) is 0 Å². The minimum atomic E-state index is -0.586. The minimum absolute atomic E-state index is 0.586. The van der Waals surface area contributed by atoms with E-state index in [2.05, 4.69) is 158 Å². The van der Waals surface area contributed by atoms with Gasteiger partial charge in [0.2, 0.25) is 0 Å². The summed E-state index contributed by atoms with van der Waals surface area (Å²) in [5.74, 6) is 2.55. The van der Waals surface area contributed by atoms with Gasteiger partial charge in [-0.05, 0) is 45.2 Å². The summed E-state index contributed by atoms with van der Waals surface area (Å²) in [4.78, 5) is 10.2. The lowest BCUT2D eigenvalue weighted by molar-refractivity contribution is 0.447. The van der Waals surface area contributed by atoms with Gasteiger partial charge in [0.25, 0.3) is 0 Å². The van der Waals surface area contributed by atoms with Crippen LogP contribution in [0.25, 0.3) is 66.6 Å². The van der Waals surface area contributed by atoms with Crippen LogP contribution in [0.15, 0.2) is 182 Å². The molecule has 1 aliphatic carbocycles. The van der Waals surface area contributed by atoms with E-state index in [-0.39, 0.29) is 0 Å². The third kappa shape index (κ3) is 4.08. The maximum Gasteiger partial charge on any atom is 0.160 e. The monoisotopic (exact) mass is 662 g/mol. The zero-order valence-electron chi connectivity index (χ0n) is 28.1. The zero-order chi connectivity index (χ0) is 34.2. The molecule has 0 saturated heterocycles. The van der Waals surface area contributed by atoms with Gasteiger partial charge in [-0.25, -0.2) is 9.97 Å². The average molecular weight is 663 g/mol. The molecule has 0 N–H and O–H groups in total. The number of hydrogen-bond acceptors (Lipinski definition) is 3. The van der Waals surface area contributed by atoms with Crippen LogP contribution in [0.3, 0.4) is 0 Å². The van der Waals surface area contributed by atoms with Gasteiger partial charge >= 0.3 is 0 Å². The summed E-state index contributed by atoms with van der Waals surface area (Å²) in [7, 11) is 0. The number of benzene rings is 8. The van der Waals surface area contributed by atoms with Gasteiger partial charge in [-0.1, -0.05) is 170 Å². The summed E-state index contributed by atoms with van der Waals surface area (Å²) in [6.07, 6.45) is 0. The first-order valence-corrected chi connectivity index (χ1v) is 17.7. The van der Waals surface area contributed by atoms with Crippen molar-refractivity contribution in [3.63, 3.8) is 0 Å². The number of ether oxygens (including phenoxy) is 1. The predicted molar refractivity (Wildman–Crippen MR) is 211 cm³/mol. The molecule has 242 valence electrons. The molecule has 52 heavy (non-hydrogen) atoms. The van der Waals surface area contributed by atoms with Gasteiger partial charge in [-0.2, -0.15) is 0 Å². The lowest BCUT2D eigenvalue weighted by atomic mass is 9.65. The van der Waals surface area contributed by atoms with Gasteiger partial charge in [-0.15, -0.1) is 0 Å². The van der Waals surface area contributed by atoms with E-state index in [0.29, 0.717) is 5.82 Å². The molecule has 0 saturated carbocycles. The van der Waals surface area contributed by atoms with Crippen LogP contribution in [0.2, 0.25) is 0 Å². The second-order valence-corrected chi connectivity index (χ2v) is 13.7. The first-order chi connectivity index (χ1) is 25.8. The zero-order valence-corrected chi connectivity index (χ0v) is 28.1. The van der Waals surface area contributed by atoms with Crippen molar-refractivity contribution in [3.05, 3.63) is 204 Å². The van der Waals surface area contributed by atoms with Gasteiger partial charge < -0.3 is 4.74 Å². The fourth-order valence-electron chi connectivity index (χ4n) is 8.64. The molecule has 0 atom stereocenters. The molecule has 1 spiro atoms. The van der Waals surface area contributed by atoms with Crippen LogP contribution in [-0.4, -0.2) is 9.97 Å². The molecule has 1 aromatic heterocycles. The van der Waals surface area contributed by atoms with E-state index in [1.54, 1.807) is 0 Å². The van der Waals surface area contributed by atoms with Crippen molar-refractivity contribution in [3.8, 4) is 56.5 Å². The maximum absolute atomic E-state index is 7.11. The van der Waals surface area contributed by atoms with E-state index in [9.17, 15) is 0 Å². The Hall–Kier alpha value is -6.84. The third-order valence-corrected chi connectivity index (χ3v) is 10.9. The first-order valence-electron chi connectivity index (χ1n) is 17.7. The fourth-order valence-corrected chi connectivity index (χ4v) is 8.64. The third-order valence-electron chi connectivity index (χ3n) is 10.9. The summed E-state index contributed by atoms with van der Waals surface area (Å²) in [5.41, 5.74) is 11.5. The summed E-state index contributed by atoms with van der Waals surface area (Å²) in [6.45, 7) is 0. The Labute approximate surface area is 301 Å². The van der Waals surface area contributed by atoms with E-state index < -0.39 is 5.41 Å². The van der Waals surface area contributed by atoms with Gasteiger partial charge in [-0.3, -0.25) is 0 Å². The second kappa shape index (κ2) is 11.1. The van der Waals surface area contributed by atoms with Gasteiger partial charge in [0.05, 0.1) is 16.8 Å². The highest BCUT2D eigenvalue weighted by Crippen LogP contribution is 2.64. The van der Waals surface area contributed by atoms with Crippen molar-refractivity contribution in [2.24, 2.45) is 0 Å². The Kier molecular flexibility index (Phi) is 6.17. The molecule has 0 fully saturated rings. The van der Waals surface area contributed by atoms with E-state index >= 15 is 0 Å². The minimum Gasteiger partial charge on any atom is -0.455 e. The molecular formula is C49H30N2O. The Morgan fingerprint density at radius 3 is 1.56 bits per heavy atom. The number of nitrogens with zero attached hydrogens (tertiary/aromatic N) is 2. The molecule has 9 aromatic rings. The number of rotatable bonds is 3. The van der Waals surface area contributed by atoms with E-state index in [4.69, 9.17) is 14.7 Å². The average Bonchev–Trinajstić information content (AvgIpc) is 3.51. The van der Waals surface area contributed by atoms with Crippen LogP contribution in [0.1, 0.15) is 22.3 Å². The first kappa shape index (κ1) is 28.9. The highest BCUT2D eigenvalue weighted by atomic mass is 16.5. The van der Waals surface area contributed by atoms with Crippen LogP contribution in [0.4, 0.5) is 0 Å². The topological polar surface area (TPSA) is 35.0 Å². The Balaban J connectivity index is 1.20. The van der Waals surface area contributed by atoms with Crippen molar-refractivity contribution < 1.29 is 4.74 Å². The van der Waals surface area contributed by atoms with E-state index in [0.717, 1.165) is 72.2 Å². The molecule has 0 bridgehead atoms. The van der Waals surface area contributed by atoms with Crippen molar-refractivity contribution in [1.82, 2.24) is 9.97 Å². The van der Waals surface area contributed by atoms with Crippen LogP contribution < -0.4 is 4.74 Å². The van der Waals surface area contributed by atoms with Crippen molar-refractivity contribution in [2.45, 2.75) is 5.41 Å². The van der Waals surface area contributed by atoms with E-state index in [1.807, 2.05) is 24.3 Å². The van der Waals surface area contributed by atoms with Gasteiger partial charge in [0.1, 0.15) is 11.5 Å². The summed E-state index contributed by atoms with van der Waals surface area (Å²) in [5, 5.41) is 4.55. The molecule has 8 aromatic carbocycles. The highest BCUT2D eigenvalue weighted by molar-refractivity contribution is 6.00. The quantitative estimate of drug-likeness (QED) is 0.189. The Bertz CT molecular complexity index is 2740. The summed E-state index contributed by atoms with van der Waals surface area (Å²) in [6, 6.07) is 64.8. The smallest absolute Gasteiger partial charge is 0.160 e. The van der Waals surface area contributed by atoms with Gasteiger partial charge in [0.15, 0.2) is 5.82 Å². The molecular weight excluding hydrogens is 633 g/mol. The SMILES string of the molecule is c1ccc(-c2cc(-c3ccc4c(c3)-c3ccccc3C43c4ccc5ccccc5c4Oc4c3ccc3ccccc43)nc(-c3ccccc3)n2)cc1. The summed E-state index contributed by atoms with van der Waals surface area (Å²) >= 11 is 0. The Morgan fingerprint density at radius 2 is 0.885 bits per heavy atom. The molecule has 2 aliphatic rings. The summed E-state index contributed by atoms with van der Waals surface area (Å²) < 4.78 is 7.11. The standard InChI is InChI=1S/C49H30N2O/c1-3-15-33(16-4-1)44-30-45(51-48(50-44)34-17-5-2-6-18-34)35-25-26-41-39(29-35)38-21-11-12-22-40(38)49(41)42-27-23-31-13-7-9-19-36(31)46(42)52-47-37-20-10-8-14-32(37)24-28-43(47)49/h1-30H. The second-order valence-electron chi connectivity index (χ2n) is 13.7. The van der Waals surface area contributed by atoms with Crippen LogP contribution in [0.5, 0.6) is 11.5 Å². The molecule has 3 nitrogen and oxygen atoms in total. The lowest BCUT2D eigenvalue weighted by Gasteiger charge is -2.40. The molecule has 1 aliphatic heterocycles. The van der Waals surface area contributed by atoms with E-state index in [1.165, 1.54) is 22.3 Å². The van der Waals surface area contributed by atoms with Gasteiger partial charge in [0, 0.05) is 38.6 Å². The highest BCUT2D eigenvalue weighted by Gasteiger charge is 2.51. The molecule has 0 amide bonds. The molecule has 0 radical (unpaired) electrons. The molecule has 11 rings (SSSR count). The maximum atomic E-state index is 7.11. The number of aromatic nitrogens is 2. The van der Waals surface area contributed by atoms with Crippen LogP contribution in [-0.2, 0) is 5.41 Å². The van der Waals surface area contributed by atoms with Crippen molar-refractivity contribution in [2.75, 3.05) is 0 Å². The number of fused-ring (bicyclic) bond motifs is 13. The van der Waals surface area contributed by atoms with Crippen molar-refractivity contribution >= 4 is 21.5 Å². The largest absolute Gasteiger partial charge is 0.455 e. The normalized spacial score (nSPS) is 13.3. The number of hydrogen-bond donors (Lipinski definition) is 0. The lowest BCUT2D eigenvalue weighted by Crippen LogP contribution is -2.32. The van der Waals surface area contributed by atoms with Crippen LogP contribution in [0, 0.1) is 0 Å². The Morgan fingerprint density at radius 1 is 0.365 bits per heavy atom. The predicted octanol–water partition coefficient (Wildman–Crippen LogP) is 12.3. The molecule has 2 heterocycles. The molecule has 0 unspecified atom stereocenters. The fraction of sp³-hybridized carbons (Fsp3) is 0.0204. The van der Waals surface area contributed by atoms with Crippen LogP contribution >= 0.6 is 0 Å². The molecule has 3 heteroatoms.